The fourth-order valence-corrected chi connectivity index (χ4v) is 4.00. The van der Waals surface area contributed by atoms with Crippen LogP contribution in [0, 0.1) is 11.3 Å². The maximum atomic E-state index is 12.7. The molecule has 0 aromatic rings. The fraction of sp³-hybridized carbons (Fsp3) is 0.933. The monoisotopic (exact) mass is 267 g/mol. The van der Waals surface area contributed by atoms with Gasteiger partial charge in [0.25, 0.3) is 0 Å². The molecule has 1 unspecified atom stereocenters. The fourth-order valence-electron chi connectivity index (χ4n) is 4.00. The van der Waals surface area contributed by atoms with Crippen molar-refractivity contribution in [1.29, 1.82) is 0 Å². The van der Waals surface area contributed by atoms with E-state index in [2.05, 4.69) is 30.6 Å². The van der Waals surface area contributed by atoms with Crippen molar-refractivity contribution >= 4 is 5.91 Å². The number of hydrogen-bond donors (Lipinski definition) is 1. The van der Waals surface area contributed by atoms with Gasteiger partial charge in [0.1, 0.15) is 0 Å². The van der Waals surface area contributed by atoms with Gasteiger partial charge in [-0.25, -0.2) is 0 Å². The number of rotatable bonds is 5. The lowest BCUT2D eigenvalue weighted by Gasteiger charge is -2.46. The summed E-state index contributed by atoms with van der Waals surface area (Å²) >= 11 is 0. The molecule has 2 rings (SSSR count). The van der Waals surface area contributed by atoms with Crippen LogP contribution in [-0.2, 0) is 4.79 Å². The van der Waals surface area contributed by atoms with Crippen LogP contribution in [0.15, 0.2) is 0 Å². The summed E-state index contributed by atoms with van der Waals surface area (Å²) in [5, 5.41) is 0. The minimum absolute atomic E-state index is 0.225. The van der Waals surface area contributed by atoms with Crippen LogP contribution in [0.4, 0.5) is 0 Å². The Hall–Kier alpha value is -0.610. The molecule has 1 aliphatic carbocycles. The summed E-state index contributed by atoms with van der Waals surface area (Å²) in [6.07, 6.45) is 3.08. The largest absolute Gasteiger partial charge is 0.341 e. The third-order valence-electron chi connectivity index (χ3n) is 5.10. The van der Waals surface area contributed by atoms with Gasteiger partial charge in [0.2, 0.25) is 5.91 Å². The maximum Gasteiger partial charge on any atom is 0.230 e. The van der Waals surface area contributed by atoms with E-state index in [4.69, 9.17) is 5.73 Å². The average Bonchev–Trinajstić information content (AvgIpc) is 2.85. The van der Waals surface area contributed by atoms with E-state index in [1.165, 1.54) is 0 Å². The van der Waals surface area contributed by atoms with Crippen molar-refractivity contribution in [2.45, 2.75) is 46.1 Å². The van der Waals surface area contributed by atoms with Gasteiger partial charge in [0.15, 0.2) is 0 Å². The van der Waals surface area contributed by atoms with Crippen molar-refractivity contribution in [2.75, 3.05) is 32.7 Å². The molecule has 4 nitrogen and oxygen atoms in total. The third kappa shape index (κ3) is 2.65. The van der Waals surface area contributed by atoms with E-state index >= 15 is 0 Å². The number of carbonyl (C=O) groups excluding carboxylic acids is 1. The molecule has 1 aliphatic heterocycles. The SMILES string of the molecule is CCN(CC)C1CCN(C(=O)C2(CN)CC(C)C2)C1. The lowest BCUT2D eigenvalue weighted by Crippen LogP contribution is -2.54. The molecule has 1 saturated heterocycles. The molecule has 0 bridgehead atoms. The number of likely N-dealkylation sites (N-methyl/N-ethyl adjacent to an activating group) is 1. The summed E-state index contributed by atoms with van der Waals surface area (Å²) in [5.74, 6) is 0.983. The van der Waals surface area contributed by atoms with Crippen molar-refractivity contribution in [2.24, 2.45) is 17.1 Å². The minimum Gasteiger partial charge on any atom is -0.341 e. The molecule has 1 amide bonds. The highest BCUT2D eigenvalue weighted by atomic mass is 16.2. The Bertz CT molecular complexity index is 321. The first-order valence-electron chi connectivity index (χ1n) is 7.79. The zero-order valence-corrected chi connectivity index (χ0v) is 12.7. The van der Waals surface area contributed by atoms with Gasteiger partial charge < -0.3 is 10.6 Å². The summed E-state index contributed by atoms with van der Waals surface area (Å²) in [7, 11) is 0. The second kappa shape index (κ2) is 5.80. The topological polar surface area (TPSA) is 49.6 Å². The summed E-state index contributed by atoms with van der Waals surface area (Å²) in [6.45, 7) is 11.1. The zero-order valence-electron chi connectivity index (χ0n) is 12.7. The molecule has 0 radical (unpaired) electrons. The van der Waals surface area contributed by atoms with Crippen LogP contribution >= 0.6 is 0 Å². The quantitative estimate of drug-likeness (QED) is 0.817. The Balaban J connectivity index is 1.95. The Kier molecular flexibility index (Phi) is 4.51. The number of hydrogen-bond acceptors (Lipinski definition) is 3. The van der Waals surface area contributed by atoms with Gasteiger partial charge in [-0.05, 0) is 38.3 Å². The third-order valence-corrected chi connectivity index (χ3v) is 5.10. The number of nitrogens with two attached hydrogens (primary N) is 1. The Morgan fingerprint density at radius 1 is 1.37 bits per heavy atom. The summed E-state index contributed by atoms with van der Waals surface area (Å²) in [5.41, 5.74) is 5.66. The number of likely N-dealkylation sites (tertiary alicyclic amines) is 1. The van der Waals surface area contributed by atoms with Crippen LogP contribution in [0.1, 0.15) is 40.0 Å². The van der Waals surface area contributed by atoms with E-state index < -0.39 is 0 Å². The van der Waals surface area contributed by atoms with Gasteiger partial charge in [0, 0.05) is 25.7 Å². The first kappa shape index (κ1) is 14.8. The van der Waals surface area contributed by atoms with Crippen LogP contribution in [0.25, 0.3) is 0 Å². The van der Waals surface area contributed by atoms with Crippen LogP contribution in [0.3, 0.4) is 0 Å². The van der Waals surface area contributed by atoms with E-state index in [1.807, 2.05) is 0 Å². The summed E-state index contributed by atoms with van der Waals surface area (Å²) < 4.78 is 0. The highest BCUT2D eigenvalue weighted by molar-refractivity contribution is 5.84. The molecule has 110 valence electrons. The number of amides is 1. The van der Waals surface area contributed by atoms with Crippen LogP contribution in [-0.4, -0.2) is 54.5 Å². The molecule has 0 spiro atoms. The molecule has 2 fully saturated rings. The molecular formula is C15H29N3O. The van der Waals surface area contributed by atoms with Crippen molar-refractivity contribution in [3.05, 3.63) is 0 Å². The summed E-state index contributed by atoms with van der Waals surface area (Å²) in [6, 6.07) is 0.547. The molecule has 0 aromatic carbocycles. The predicted molar refractivity (Wildman–Crippen MR) is 77.8 cm³/mol. The van der Waals surface area contributed by atoms with Gasteiger partial charge in [0.05, 0.1) is 5.41 Å². The Morgan fingerprint density at radius 3 is 2.47 bits per heavy atom. The highest BCUT2D eigenvalue weighted by Crippen LogP contribution is 2.46. The molecular weight excluding hydrogens is 238 g/mol. The van der Waals surface area contributed by atoms with Crippen LogP contribution < -0.4 is 5.73 Å². The Labute approximate surface area is 117 Å². The Morgan fingerprint density at radius 2 is 2.00 bits per heavy atom. The first-order chi connectivity index (χ1) is 9.06. The first-order valence-corrected chi connectivity index (χ1v) is 7.79. The minimum atomic E-state index is -0.225. The smallest absolute Gasteiger partial charge is 0.230 e. The molecule has 19 heavy (non-hydrogen) atoms. The van der Waals surface area contributed by atoms with Gasteiger partial charge >= 0.3 is 0 Å². The highest BCUT2D eigenvalue weighted by Gasteiger charge is 2.50. The van der Waals surface area contributed by atoms with E-state index in [9.17, 15) is 4.79 Å². The number of nitrogens with zero attached hydrogens (tertiary/aromatic N) is 2. The molecule has 4 heteroatoms. The standard InChI is InChI=1S/C15H29N3O/c1-4-17(5-2)13-6-7-18(10-13)14(19)15(11-16)8-12(3)9-15/h12-13H,4-11,16H2,1-3H3. The van der Waals surface area contributed by atoms with Gasteiger partial charge in [-0.15, -0.1) is 0 Å². The maximum absolute atomic E-state index is 12.7. The van der Waals surface area contributed by atoms with Gasteiger partial charge in [-0.3, -0.25) is 9.69 Å². The van der Waals surface area contributed by atoms with E-state index in [-0.39, 0.29) is 5.41 Å². The predicted octanol–water partition coefficient (Wildman–Crippen LogP) is 1.30. The van der Waals surface area contributed by atoms with Crippen molar-refractivity contribution in [3.63, 3.8) is 0 Å². The number of carbonyl (C=O) groups is 1. The van der Waals surface area contributed by atoms with E-state index in [0.29, 0.717) is 24.4 Å². The molecule has 2 aliphatic rings. The second-order valence-electron chi connectivity index (χ2n) is 6.41. The van der Waals surface area contributed by atoms with Crippen LogP contribution in [0.2, 0.25) is 0 Å². The molecule has 1 heterocycles. The molecule has 0 aromatic heterocycles. The molecule has 2 N–H and O–H groups in total. The van der Waals surface area contributed by atoms with Gasteiger partial charge in [-0.1, -0.05) is 20.8 Å². The normalized spacial score (nSPS) is 34.7. The van der Waals surface area contributed by atoms with Crippen molar-refractivity contribution in [1.82, 2.24) is 9.80 Å². The van der Waals surface area contributed by atoms with Crippen molar-refractivity contribution < 1.29 is 4.79 Å². The molecule has 1 saturated carbocycles. The zero-order chi connectivity index (χ0) is 14.0. The van der Waals surface area contributed by atoms with Crippen molar-refractivity contribution in [3.8, 4) is 0 Å². The van der Waals surface area contributed by atoms with E-state index in [0.717, 1.165) is 45.4 Å². The van der Waals surface area contributed by atoms with Crippen LogP contribution in [0.5, 0.6) is 0 Å². The lowest BCUT2D eigenvalue weighted by molar-refractivity contribution is -0.148. The average molecular weight is 267 g/mol. The van der Waals surface area contributed by atoms with Gasteiger partial charge in [-0.2, -0.15) is 0 Å². The lowest BCUT2D eigenvalue weighted by atomic mass is 9.62. The summed E-state index contributed by atoms with van der Waals surface area (Å²) in [4.78, 5) is 17.2. The van der Waals surface area contributed by atoms with E-state index in [1.54, 1.807) is 0 Å². The second-order valence-corrected chi connectivity index (χ2v) is 6.41. The molecule has 1 atom stereocenters.